The molecule has 1 aromatic heterocycles. The number of H-pyrrole nitrogens is 1. The first-order valence-corrected chi connectivity index (χ1v) is 12.2. The Bertz CT molecular complexity index is 1640. The summed E-state index contributed by atoms with van der Waals surface area (Å²) < 4.78 is 32.7. The number of aliphatic hydroxyl groups is 1. The van der Waals surface area contributed by atoms with Crippen molar-refractivity contribution in [3.8, 4) is 34.5 Å². The Morgan fingerprint density at radius 1 is 0.872 bits per heavy atom. The lowest BCUT2D eigenvalue weighted by molar-refractivity contribution is -0.116. The quantitative estimate of drug-likeness (QED) is 0.394. The third-order valence-electron chi connectivity index (χ3n) is 6.69. The summed E-state index contributed by atoms with van der Waals surface area (Å²) in [5.74, 6) is 2.04. The Hall–Kier alpha value is -4.63. The second-order valence-corrected chi connectivity index (χ2v) is 9.04. The third-order valence-corrected chi connectivity index (χ3v) is 6.69. The molecular weight excluding hydrogens is 502 g/mol. The molecule has 2 aliphatic heterocycles. The van der Waals surface area contributed by atoms with E-state index in [9.17, 15) is 9.90 Å². The zero-order chi connectivity index (χ0) is 27.7. The van der Waals surface area contributed by atoms with E-state index in [2.05, 4.69) is 4.98 Å². The van der Waals surface area contributed by atoms with Crippen LogP contribution in [-0.4, -0.2) is 50.9 Å². The Morgan fingerprint density at radius 3 is 2.33 bits per heavy atom. The summed E-state index contributed by atoms with van der Waals surface area (Å²) in [6.07, 6.45) is 1.89. The molecule has 9 heteroatoms. The van der Waals surface area contributed by atoms with Crippen molar-refractivity contribution in [2.24, 2.45) is 0 Å². The molecule has 0 radical (unpaired) electrons. The van der Waals surface area contributed by atoms with E-state index in [1.807, 2.05) is 43.3 Å². The number of aryl methyl sites for hydroxylation is 1. The lowest BCUT2D eigenvalue weighted by Gasteiger charge is -2.39. The molecule has 2 aliphatic rings. The van der Waals surface area contributed by atoms with E-state index in [0.29, 0.717) is 45.6 Å². The second kappa shape index (κ2) is 10.3. The molecule has 0 fully saturated rings. The van der Waals surface area contributed by atoms with E-state index < -0.39 is 5.79 Å². The minimum absolute atomic E-state index is 0.0298. The van der Waals surface area contributed by atoms with Crippen LogP contribution in [0.15, 0.2) is 59.4 Å². The summed E-state index contributed by atoms with van der Waals surface area (Å²) in [5, 5.41) is 12.0. The minimum atomic E-state index is -1.58. The van der Waals surface area contributed by atoms with Gasteiger partial charge in [0.15, 0.2) is 18.1 Å². The summed E-state index contributed by atoms with van der Waals surface area (Å²) in [4.78, 5) is 14.0. The monoisotopic (exact) mass is 531 g/mol. The van der Waals surface area contributed by atoms with Gasteiger partial charge in [-0.1, -0.05) is 12.1 Å². The highest BCUT2D eigenvalue weighted by Crippen LogP contribution is 2.49. The van der Waals surface area contributed by atoms with Gasteiger partial charge in [0.05, 0.1) is 34.0 Å². The summed E-state index contributed by atoms with van der Waals surface area (Å²) in [6.45, 7) is 1.88. The molecule has 6 rings (SSSR count). The van der Waals surface area contributed by atoms with Crippen molar-refractivity contribution in [2.75, 3.05) is 35.0 Å². The largest absolute Gasteiger partial charge is 0.497 e. The normalized spacial score (nSPS) is 16.6. The molecule has 3 aromatic carbocycles. The molecule has 0 bridgehead atoms. The van der Waals surface area contributed by atoms with Crippen LogP contribution in [0.2, 0.25) is 0 Å². The molecule has 3 heterocycles. The lowest BCUT2D eigenvalue weighted by Crippen LogP contribution is -2.47. The number of benzene rings is 3. The summed E-state index contributed by atoms with van der Waals surface area (Å²) in [6, 6.07) is 16.3. The number of hydrogen-bond acceptors (Lipinski definition) is 8. The smallest absolute Gasteiger partial charge is 0.270 e. The fourth-order valence-corrected chi connectivity index (χ4v) is 4.71. The molecule has 0 aliphatic carbocycles. The zero-order valence-corrected chi connectivity index (χ0v) is 22.3. The lowest BCUT2D eigenvalue weighted by atomic mass is 9.90. The number of rotatable bonds is 4. The molecule has 1 unspecified atom stereocenters. The maximum Gasteiger partial charge on any atom is 0.270 e. The van der Waals surface area contributed by atoms with Crippen LogP contribution in [0, 0.1) is 6.92 Å². The van der Waals surface area contributed by atoms with Gasteiger partial charge in [-0.25, -0.2) is 0 Å². The average molecular weight is 532 g/mol. The maximum atomic E-state index is 11.3. The van der Waals surface area contributed by atoms with Crippen LogP contribution in [0.3, 0.4) is 0 Å². The molecule has 4 aromatic rings. The van der Waals surface area contributed by atoms with Crippen molar-refractivity contribution in [3.63, 3.8) is 0 Å². The number of methoxy groups -OCH3 is 4. The number of pyridine rings is 1. The van der Waals surface area contributed by atoms with Crippen molar-refractivity contribution < 1.29 is 33.5 Å². The minimum Gasteiger partial charge on any atom is -0.497 e. The van der Waals surface area contributed by atoms with Gasteiger partial charge in [-0.3, -0.25) is 4.79 Å². The molecule has 0 amide bonds. The summed E-state index contributed by atoms with van der Waals surface area (Å²) in [5.41, 5.74) is 3.80. The van der Waals surface area contributed by atoms with Gasteiger partial charge in [0, 0.05) is 40.3 Å². The SMILES string of the molecule is COc1ccc2c(c1)OC1(O)COc3cc(OC)c(OC)cc3C1=C2.COc1cccc2c(C)cc(=O)[nH]c12. The number of hydrogen-bond donors (Lipinski definition) is 2. The van der Waals surface area contributed by atoms with Gasteiger partial charge in [-0.2, -0.15) is 0 Å². The highest BCUT2D eigenvalue weighted by Gasteiger charge is 2.44. The van der Waals surface area contributed by atoms with E-state index >= 15 is 0 Å². The zero-order valence-electron chi connectivity index (χ0n) is 22.3. The molecule has 2 N–H and O–H groups in total. The molecule has 0 saturated heterocycles. The van der Waals surface area contributed by atoms with Crippen LogP contribution < -0.4 is 34.0 Å². The van der Waals surface area contributed by atoms with Gasteiger partial charge in [0.25, 0.3) is 5.79 Å². The van der Waals surface area contributed by atoms with Gasteiger partial charge in [0.1, 0.15) is 23.0 Å². The van der Waals surface area contributed by atoms with Crippen molar-refractivity contribution in [1.29, 1.82) is 0 Å². The summed E-state index contributed by atoms with van der Waals surface area (Å²) in [7, 11) is 6.30. The number of aromatic amines is 1. The topological polar surface area (TPSA) is 108 Å². The molecule has 202 valence electrons. The number of ether oxygens (including phenoxy) is 6. The fraction of sp³-hybridized carbons (Fsp3) is 0.233. The number of fused-ring (bicyclic) bond motifs is 5. The number of aromatic nitrogens is 1. The predicted octanol–water partition coefficient (Wildman–Crippen LogP) is 4.57. The molecule has 1 atom stereocenters. The predicted molar refractivity (Wildman–Crippen MR) is 147 cm³/mol. The molecule has 39 heavy (non-hydrogen) atoms. The van der Waals surface area contributed by atoms with E-state index in [1.165, 1.54) is 0 Å². The first kappa shape index (κ1) is 26.0. The molecular formula is C30H29NO8. The Morgan fingerprint density at radius 2 is 1.62 bits per heavy atom. The number of nitrogens with one attached hydrogen (secondary N) is 1. The highest BCUT2D eigenvalue weighted by molar-refractivity contribution is 5.92. The van der Waals surface area contributed by atoms with Gasteiger partial charge in [-0.05, 0) is 42.8 Å². The maximum absolute atomic E-state index is 11.3. The second-order valence-electron chi connectivity index (χ2n) is 9.04. The Balaban J connectivity index is 0.000000186. The van der Waals surface area contributed by atoms with Crippen LogP contribution >= 0.6 is 0 Å². The van der Waals surface area contributed by atoms with Gasteiger partial charge < -0.3 is 38.5 Å². The van der Waals surface area contributed by atoms with Crippen molar-refractivity contribution >= 4 is 22.6 Å². The third kappa shape index (κ3) is 4.72. The van der Waals surface area contributed by atoms with Crippen molar-refractivity contribution in [1.82, 2.24) is 4.98 Å². The van der Waals surface area contributed by atoms with Gasteiger partial charge in [0.2, 0.25) is 5.56 Å². The van der Waals surface area contributed by atoms with Gasteiger partial charge >= 0.3 is 0 Å². The summed E-state index contributed by atoms with van der Waals surface area (Å²) >= 11 is 0. The van der Waals surface area contributed by atoms with E-state index in [0.717, 1.165) is 22.0 Å². The first-order valence-electron chi connectivity index (χ1n) is 12.2. The number of para-hydroxylation sites is 1. The van der Waals surface area contributed by atoms with Crippen molar-refractivity contribution in [3.05, 3.63) is 81.6 Å². The van der Waals surface area contributed by atoms with Crippen LogP contribution in [-0.2, 0) is 0 Å². The standard InChI is InChI=1S/C19H18O6.C11H11NO2/c1-21-12-5-4-11-6-14-13-8-17(22-2)18(23-3)9-16(13)24-10-19(14,20)25-15(11)7-12;1-7-6-10(13)12-11-8(7)4-3-5-9(11)14-2/h4-9,20H,10H2,1-3H3;3-6H,1-2H3,(H,12,13). The molecule has 0 saturated carbocycles. The molecule has 0 spiro atoms. The van der Waals surface area contributed by atoms with Crippen LogP contribution in [0.5, 0.6) is 34.5 Å². The van der Waals surface area contributed by atoms with E-state index in [4.69, 9.17) is 28.4 Å². The van der Waals surface area contributed by atoms with Gasteiger partial charge in [-0.15, -0.1) is 0 Å². The fourth-order valence-electron chi connectivity index (χ4n) is 4.71. The van der Waals surface area contributed by atoms with Crippen LogP contribution in [0.25, 0.3) is 22.6 Å². The van der Waals surface area contributed by atoms with Crippen LogP contribution in [0.1, 0.15) is 16.7 Å². The average Bonchev–Trinajstić information content (AvgIpc) is 2.94. The first-order chi connectivity index (χ1) is 18.8. The highest BCUT2D eigenvalue weighted by atomic mass is 16.7. The Kier molecular flexibility index (Phi) is 6.84. The molecule has 9 nitrogen and oxygen atoms in total. The van der Waals surface area contributed by atoms with Crippen LogP contribution in [0.4, 0.5) is 0 Å². The Labute approximate surface area is 225 Å². The van der Waals surface area contributed by atoms with E-state index in [1.54, 1.807) is 52.7 Å². The van der Waals surface area contributed by atoms with Crippen molar-refractivity contribution in [2.45, 2.75) is 12.7 Å². The van der Waals surface area contributed by atoms with E-state index in [-0.39, 0.29) is 12.2 Å².